The molecule has 3 rings (SSSR count). The van der Waals surface area contributed by atoms with E-state index in [9.17, 15) is 4.79 Å². The van der Waals surface area contributed by atoms with Gasteiger partial charge in [-0.15, -0.1) is 0 Å². The molecule has 1 aromatic carbocycles. The van der Waals surface area contributed by atoms with Gasteiger partial charge in [0.2, 0.25) is 12.7 Å². The molecule has 120 valence electrons. The molecule has 1 heterocycles. The molecule has 1 fully saturated rings. The summed E-state index contributed by atoms with van der Waals surface area (Å²) in [7, 11) is 0. The highest BCUT2D eigenvalue weighted by Crippen LogP contribution is 2.43. The number of fused-ring (bicyclic) bond motifs is 1. The average molecular weight is 304 g/mol. The molecule has 1 amide bonds. The number of carbonyl (C=O) groups excluding carboxylic acids is 1. The zero-order chi connectivity index (χ0) is 15.6. The predicted molar refractivity (Wildman–Crippen MR) is 84.0 cm³/mol. The normalized spacial score (nSPS) is 20.5. The molecule has 0 spiro atoms. The van der Waals surface area contributed by atoms with E-state index in [4.69, 9.17) is 15.2 Å². The Morgan fingerprint density at radius 2 is 2.00 bits per heavy atom. The maximum atomic E-state index is 11.9. The van der Waals surface area contributed by atoms with Crippen molar-refractivity contribution in [2.24, 2.45) is 5.73 Å². The molecule has 1 saturated carbocycles. The second-order valence-electron chi connectivity index (χ2n) is 6.42. The van der Waals surface area contributed by atoms with E-state index in [1.807, 2.05) is 6.07 Å². The van der Waals surface area contributed by atoms with Crippen LogP contribution in [0.4, 0.5) is 0 Å². The van der Waals surface area contributed by atoms with Crippen LogP contribution in [-0.4, -0.2) is 25.3 Å². The number of carbonyl (C=O) groups is 1. The first-order valence-electron chi connectivity index (χ1n) is 8.04. The smallest absolute Gasteiger partial charge is 0.236 e. The van der Waals surface area contributed by atoms with Crippen LogP contribution in [0, 0.1) is 0 Å². The summed E-state index contributed by atoms with van der Waals surface area (Å²) in [5.74, 6) is 1.51. The van der Waals surface area contributed by atoms with Gasteiger partial charge in [0.25, 0.3) is 0 Å². The van der Waals surface area contributed by atoms with Gasteiger partial charge in [0.15, 0.2) is 11.5 Å². The molecule has 5 nitrogen and oxygen atoms in total. The molecular formula is C17H24N2O3. The molecule has 1 aliphatic carbocycles. The zero-order valence-electron chi connectivity index (χ0n) is 13.1. The van der Waals surface area contributed by atoms with E-state index in [2.05, 4.69) is 17.4 Å². The van der Waals surface area contributed by atoms with Gasteiger partial charge < -0.3 is 20.5 Å². The Bertz CT molecular complexity index is 551. The third kappa shape index (κ3) is 2.90. The summed E-state index contributed by atoms with van der Waals surface area (Å²) < 4.78 is 10.9. The predicted octanol–water partition coefficient (Wildman–Crippen LogP) is 2.08. The van der Waals surface area contributed by atoms with E-state index in [0.717, 1.165) is 24.3 Å². The van der Waals surface area contributed by atoms with Gasteiger partial charge in [0.05, 0.1) is 6.04 Å². The van der Waals surface area contributed by atoms with Crippen LogP contribution in [0.2, 0.25) is 0 Å². The van der Waals surface area contributed by atoms with E-state index in [1.54, 1.807) is 6.92 Å². The summed E-state index contributed by atoms with van der Waals surface area (Å²) in [6.45, 7) is 2.63. The minimum absolute atomic E-state index is 0.0240. The monoisotopic (exact) mass is 304 g/mol. The first-order chi connectivity index (χ1) is 10.6. The van der Waals surface area contributed by atoms with Crippen molar-refractivity contribution in [3.8, 4) is 11.5 Å². The highest BCUT2D eigenvalue weighted by Gasteiger charge is 2.35. The third-order valence-electron chi connectivity index (χ3n) is 4.81. The third-order valence-corrected chi connectivity index (χ3v) is 4.81. The van der Waals surface area contributed by atoms with Crippen LogP contribution in [0.1, 0.15) is 44.6 Å². The number of hydrogen-bond acceptors (Lipinski definition) is 4. The first-order valence-corrected chi connectivity index (χ1v) is 8.04. The number of nitrogens with one attached hydrogen (secondary N) is 1. The largest absolute Gasteiger partial charge is 0.454 e. The van der Waals surface area contributed by atoms with Crippen molar-refractivity contribution in [2.45, 2.75) is 50.5 Å². The fraction of sp³-hybridized carbons (Fsp3) is 0.588. The molecule has 0 bridgehead atoms. The number of rotatable bonds is 4. The van der Waals surface area contributed by atoms with Gasteiger partial charge in [-0.1, -0.05) is 25.3 Å². The van der Waals surface area contributed by atoms with Crippen molar-refractivity contribution in [3.05, 3.63) is 23.8 Å². The summed E-state index contributed by atoms with van der Waals surface area (Å²) in [6, 6.07) is 5.68. The molecule has 1 aromatic rings. The van der Waals surface area contributed by atoms with E-state index < -0.39 is 6.04 Å². The lowest BCUT2D eigenvalue weighted by Crippen LogP contribution is -2.46. The van der Waals surface area contributed by atoms with Crippen LogP contribution < -0.4 is 20.5 Å². The van der Waals surface area contributed by atoms with E-state index >= 15 is 0 Å². The molecule has 1 aliphatic heterocycles. The van der Waals surface area contributed by atoms with Crippen LogP contribution in [0.5, 0.6) is 11.5 Å². The average Bonchev–Trinajstić information content (AvgIpc) is 3.01. The fourth-order valence-corrected chi connectivity index (χ4v) is 3.44. The number of nitrogens with two attached hydrogens (primary N) is 1. The Hall–Kier alpha value is -1.75. The SMILES string of the molecule is C[C@@H](N)C(=O)NCC1(c2ccc3c(c2)OCO3)CCCCC1. The van der Waals surface area contributed by atoms with Gasteiger partial charge in [-0.25, -0.2) is 0 Å². The van der Waals surface area contributed by atoms with Gasteiger partial charge in [-0.2, -0.15) is 0 Å². The first kappa shape index (κ1) is 15.2. The summed E-state index contributed by atoms with van der Waals surface area (Å²) in [6.07, 6.45) is 5.77. The van der Waals surface area contributed by atoms with Crippen molar-refractivity contribution in [1.29, 1.82) is 0 Å². The molecule has 0 aromatic heterocycles. The second kappa shape index (κ2) is 6.16. The van der Waals surface area contributed by atoms with Gasteiger partial charge in [0, 0.05) is 12.0 Å². The maximum absolute atomic E-state index is 11.9. The minimum Gasteiger partial charge on any atom is -0.454 e. The van der Waals surface area contributed by atoms with Crippen LogP contribution in [0.25, 0.3) is 0 Å². The molecule has 1 atom stereocenters. The number of ether oxygens (including phenoxy) is 2. The quantitative estimate of drug-likeness (QED) is 0.893. The lowest BCUT2D eigenvalue weighted by molar-refractivity contribution is -0.122. The Labute approximate surface area is 131 Å². The van der Waals surface area contributed by atoms with Crippen molar-refractivity contribution in [2.75, 3.05) is 13.3 Å². The van der Waals surface area contributed by atoms with Crippen molar-refractivity contribution in [1.82, 2.24) is 5.32 Å². The number of hydrogen-bond donors (Lipinski definition) is 2. The molecule has 0 radical (unpaired) electrons. The highest BCUT2D eigenvalue weighted by molar-refractivity contribution is 5.81. The maximum Gasteiger partial charge on any atom is 0.236 e. The van der Waals surface area contributed by atoms with E-state index in [0.29, 0.717) is 6.54 Å². The molecule has 0 saturated heterocycles. The fourth-order valence-electron chi connectivity index (χ4n) is 3.44. The summed E-state index contributed by atoms with van der Waals surface area (Å²) >= 11 is 0. The Balaban J connectivity index is 1.84. The lowest BCUT2D eigenvalue weighted by Gasteiger charge is -2.38. The Morgan fingerprint density at radius 1 is 1.27 bits per heavy atom. The van der Waals surface area contributed by atoms with Gasteiger partial charge in [0.1, 0.15) is 0 Å². The number of amides is 1. The van der Waals surface area contributed by atoms with Gasteiger partial charge in [-0.05, 0) is 37.5 Å². The topological polar surface area (TPSA) is 73.6 Å². The van der Waals surface area contributed by atoms with Crippen LogP contribution in [0.3, 0.4) is 0 Å². The van der Waals surface area contributed by atoms with Crippen LogP contribution in [0.15, 0.2) is 18.2 Å². The molecule has 5 heteroatoms. The molecule has 2 aliphatic rings. The molecule has 0 unspecified atom stereocenters. The van der Waals surface area contributed by atoms with Crippen molar-refractivity contribution in [3.63, 3.8) is 0 Å². The molecular weight excluding hydrogens is 280 g/mol. The van der Waals surface area contributed by atoms with Crippen molar-refractivity contribution < 1.29 is 14.3 Å². The van der Waals surface area contributed by atoms with E-state index in [1.165, 1.54) is 24.8 Å². The summed E-state index contributed by atoms with van der Waals surface area (Å²) in [5, 5.41) is 3.02. The van der Waals surface area contributed by atoms with Crippen molar-refractivity contribution >= 4 is 5.91 Å². The van der Waals surface area contributed by atoms with Crippen LogP contribution in [-0.2, 0) is 10.2 Å². The van der Waals surface area contributed by atoms with E-state index in [-0.39, 0.29) is 18.1 Å². The Kier molecular flexibility index (Phi) is 4.25. The second-order valence-corrected chi connectivity index (χ2v) is 6.42. The van der Waals surface area contributed by atoms with Gasteiger partial charge >= 0.3 is 0 Å². The molecule has 22 heavy (non-hydrogen) atoms. The summed E-state index contributed by atoms with van der Waals surface area (Å²) in [5.41, 5.74) is 6.86. The molecule has 3 N–H and O–H groups in total. The number of benzene rings is 1. The standard InChI is InChI=1S/C17H24N2O3/c1-12(18)16(20)19-10-17(7-3-2-4-8-17)13-5-6-14-15(9-13)22-11-21-14/h5-6,9,12H,2-4,7-8,10-11,18H2,1H3,(H,19,20)/t12-/m1/s1. The highest BCUT2D eigenvalue weighted by atomic mass is 16.7. The Morgan fingerprint density at radius 3 is 2.73 bits per heavy atom. The van der Waals surface area contributed by atoms with Gasteiger partial charge in [-0.3, -0.25) is 4.79 Å². The summed E-state index contributed by atoms with van der Waals surface area (Å²) in [4.78, 5) is 11.9. The lowest BCUT2D eigenvalue weighted by atomic mass is 9.69. The minimum atomic E-state index is -0.475. The van der Waals surface area contributed by atoms with Crippen LogP contribution >= 0.6 is 0 Å². The zero-order valence-corrected chi connectivity index (χ0v) is 13.1.